The Morgan fingerprint density at radius 2 is 2.05 bits per heavy atom. The average molecular weight is 276 g/mol. The number of aromatic nitrogens is 1. The van der Waals surface area contributed by atoms with Crippen molar-refractivity contribution in [2.45, 2.75) is 25.9 Å². The lowest BCUT2D eigenvalue weighted by Gasteiger charge is -2.18. The number of nitrogens with zero attached hydrogens (tertiary/aromatic N) is 2. The predicted octanol–water partition coefficient (Wildman–Crippen LogP) is 1.07. The number of amides is 1. The summed E-state index contributed by atoms with van der Waals surface area (Å²) in [6, 6.07) is 1.66. The molecule has 0 radical (unpaired) electrons. The van der Waals surface area contributed by atoms with E-state index < -0.39 is 0 Å². The van der Waals surface area contributed by atoms with Crippen LogP contribution in [0.1, 0.15) is 40.6 Å². The lowest BCUT2D eigenvalue weighted by molar-refractivity contribution is 0.0743. The summed E-state index contributed by atoms with van der Waals surface area (Å²) >= 11 is 0. The zero-order chi connectivity index (χ0) is 14.4. The van der Waals surface area contributed by atoms with Crippen LogP contribution in [-0.2, 0) is 7.05 Å². The Morgan fingerprint density at radius 1 is 1.30 bits per heavy atom. The van der Waals surface area contributed by atoms with Crippen molar-refractivity contribution in [3.05, 3.63) is 23.5 Å². The third-order valence-corrected chi connectivity index (χ3v) is 4.74. The van der Waals surface area contributed by atoms with E-state index in [0.29, 0.717) is 23.7 Å². The van der Waals surface area contributed by atoms with Gasteiger partial charge < -0.3 is 14.6 Å². The first-order chi connectivity index (χ1) is 9.47. The monoisotopic (exact) mass is 276 g/mol. The predicted molar refractivity (Wildman–Crippen MR) is 73.5 cm³/mol. The number of fused-ring (bicyclic) bond motifs is 1. The van der Waals surface area contributed by atoms with Gasteiger partial charge in [0.1, 0.15) is 5.69 Å². The topological polar surface area (TPSA) is 62.5 Å². The molecule has 1 N–H and O–H groups in total. The standard InChI is InChI=1S/C15H20N2O3/c1-9(18)11-5-13(16(2)6-11)15(20)17-7-10-3-4-14(19)12(10)8-17/h5-6,10,12,14,19H,3-4,7-8H2,1-2H3. The molecule has 0 aromatic carbocycles. The molecule has 1 aliphatic heterocycles. The molecule has 2 aliphatic rings. The summed E-state index contributed by atoms with van der Waals surface area (Å²) in [6.07, 6.45) is 3.29. The molecule has 1 aliphatic carbocycles. The molecule has 1 saturated carbocycles. The second-order valence-corrected chi connectivity index (χ2v) is 6.06. The minimum absolute atomic E-state index is 0.0339. The molecular weight excluding hydrogens is 256 g/mol. The van der Waals surface area contributed by atoms with Crippen molar-refractivity contribution >= 4 is 11.7 Å². The van der Waals surface area contributed by atoms with Crippen LogP contribution in [0.2, 0.25) is 0 Å². The number of likely N-dealkylation sites (tertiary alicyclic amines) is 1. The van der Waals surface area contributed by atoms with Gasteiger partial charge in [0, 0.05) is 37.8 Å². The normalized spacial score (nSPS) is 28.8. The van der Waals surface area contributed by atoms with Gasteiger partial charge in [-0.15, -0.1) is 0 Å². The Labute approximate surface area is 118 Å². The van der Waals surface area contributed by atoms with Crippen LogP contribution in [0.3, 0.4) is 0 Å². The maximum Gasteiger partial charge on any atom is 0.270 e. The highest BCUT2D eigenvalue weighted by Gasteiger charge is 2.43. The molecule has 1 aromatic heterocycles. The van der Waals surface area contributed by atoms with E-state index in [1.807, 2.05) is 4.90 Å². The summed E-state index contributed by atoms with van der Waals surface area (Å²) in [5.74, 6) is 0.586. The molecule has 1 aromatic rings. The van der Waals surface area contributed by atoms with E-state index in [4.69, 9.17) is 0 Å². The van der Waals surface area contributed by atoms with Gasteiger partial charge in [-0.05, 0) is 31.7 Å². The highest BCUT2D eigenvalue weighted by molar-refractivity contribution is 5.99. The fourth-order valence-electron chi connectivity index (χ4n) is 3.53. The van der Waals surface area contributed by atoms with Gasteiger partial charge >= 0.3 is 0 Å². The van der Waals surface area contributed by atoms with Gasteiger partial charge in [-0.3, -0.25) is 9.59 Å². The Hall–Kier alpha value is -1.62. The molecule has 0 spiro atoms. The summed E-state index contributed by atoms with van der Waals surface area (Å²) in [5, 5.41) is 9.91. The van der Waals surface area contributed by atoms with Crippen molar-refractivity contribution in [1.29, 1.82) is 0 Å². The van der Waals surface area contributed by atoms with Gasteiger partial charge in [0.25, 0.3) is 5.91 Å². The number of carbonyl (C=O) groups is 2. The number of hydrogen-bond donors (Lipinski definition) is 1. The zero-order valence-electron chi connectivity index (χ0n) is 11.9. The van der Waals surface area contributed by atoms with Gasteiger partial charge in [-0.1, -0.05) is 0 Å². The number of carbonyl (C=O) groups excluding carboxylic acids is 2. The van der Waals surface area contributed by atoms with Crippen LogP contribution in [0.4, 0.5) is 0 Å². The lowest BCUT2D eigenvalue weighted by atomic mass is 10.00. The maximum atomic E-state index is 12.6. The summed E-state index contributed by atoms with van der Waals surface area (Å²) < 4.78 is 1.71. The number of aliphatic hydroxyl groups excluding tert-OH is 1. The maximum absolute atomic E-state index is 12.6. The third-order valence-electron chi connectivity index (χ3n) is 4.74. The number of aliphatic hydroxyl groups is 1. The fourth-order valence-corrected chi connectivity index (χ4v) is 3.53. The smallest absolute Gasteiger partial charge is 0.270 e. The third kappa shape index (κ3) is 2.06. The van der Waals surface area contributed by atoms with Crippen LogP contribution in [-0.4, -0.2) is 45.5 Å². The van der Waals surface area contributed by atoms with Crippen molar-refractivity contribution in [2.24, 2.45) is 18.9 Å². The van der Waals surface area contributed by atoms with Crippen LogP contribution in [0, 0.1) is 11.8 Å². The van der Waals surface area contributed by atoms with Crippen molar-refractivity contribution in [1.82, 2.24) is 9.47 Å². The van der Waals surface area contributed by atoms with Gasteiger partial charge in [0.05, 0.1) is 6.10 Å². The number of hydrogen-bond acceptors (Lipinski definition) is 3. The summed E-state index contributed by atoms with van der Waals surface area (Å²) in [4.78, 5) is 25.8. The highest BCUT2D eigenvalue weighted by atomic mass is 16.3. The van der Waals surface area contributed by atoms with Crippen molar-refractivity contribution in [3.63, 3.8) is 0 Å². The van der Waals surface area contributed by atoms with Crippen molar-refractivity contribution in [3.8, 4) is 0 Å². The summed E-state index contributed by atoms with van der Waals surface area (Å²) in [7, 11) is 1.78. The second-order valence-electron chi connectivity index (χ2n) is 6.06. The van der Waals surface area contributed by atoms with Gasteiger partial charge in [0.2, 0.25) is 0 Å². The van der Waals surface area contributed by atoms with E-state index >= 15 is 0 Å². The number of Topliss-reactive ketones (excluding diaryl/α,β-unsaturated/α-hetero) is 1. The molecule has 3 atom stereocenters. The first-order valence-electron chi connectivity index (χ1n) is 7.12. The van der Waals surface area contributed by atoms with E-state index in [1.165, 1.54) is 6.92 Å². The Balaban J connectivity index is 1.79. The number of rotatable bonds is 2. The first kappa shape index (κ1) is 13.4. The van der Waals surface area contributed by atoms with Crippen LogP contribution in [0.25, 0.3) is 0 Å². The van der Waals surface area contributed by atoms with E-state index in [0.717, 1.165) is 19.4 Å². The largest absolute Gasteiger partial charge is 0.393 e. The quantitative estimate of drug-likeness (QED) is 0.822. The van der Waals surface area contributed by atoms with Crippen LogP contribution < -0.4 is 0 Å². The molecule has 0 bridgehead atoms. The molecule has 1 saturated heterocycles. The number of aryl methyl sites for hydroxylation is 1. The Morgan fingerprint density at radius 3 is 2.65 bits per heavy atom. The molecule has 2 fully saturated rings. The highest BCUT2D eigenvalue weighted by Crippen LogP contribution is 2.38. The van der Waals surface area contributed by atoms with E-state index in [9.17, 15) is 14.7 Å². The molecule has 108 valence electrons. The van der Waals surface area contributed by atoms with Crippen LogP contribution in [0.5, 0.6) is 0 Å². The summed E-state index contributed by atoms with van der Waals surface area (Å²) in [6.45, 7) is 2.85. The summed E-state index contributed by atoms with van der Waals surface area (Å²) in [5.41, 5.74) is 1.11. The molecule has 5 nitrogen and oxygen atoms in total. The lowest BCUT2D eigenvalue weighted by Crippen LogP contribution is -2.32. The number of ketones is 1. The van der Waals surface area contributed by atoms with Gasteiger partial charge in [-0.2, -0.15) is 0 Å². The van der Waals surface area contributed by atoms with E-state index in [-0.39, 0.29) is 23.7 Å². The molecular formula is C15H20N2O3. The minimum Gasteiger partial charge on any atom is -0.393 e. The van der Waals surface area contributed by atoms with Gasteiger partial charge in [0.15, 0.2) is 5.78 Å². The van der Waals surface area contributed by atoms with E-state index in [1.54, 1.807) is 23.9 Å². The van der Waals surface area contributed by atoms with Crippen molar-refractivity contribution < 1.29 is 14.7 Å². The second kappa shape index (κ2) is 4.74. The minimum atomic E-state index is -0.265. The first-order valence-corrected chi connectivity index (χ1v) is 7.12. The fraction of sp³-hybridized carbons (Fsp3) is 0.600. The Bertz CT molecular complexity index is 563. The van der Waals surface area contributed by atoms with Gasteiger partial charge in [-0.25, -0.2) is 0 Å². The molecule has 2 heterocycles. The SMILES string of the molecule is CC(=O)c1cc(C(=O)N2CC3CCC(O)C3C2)n(C)c1. The molecule has 3 rings (SSSR count). The zero-order valence-corrected chi connectivity index (χ0v) is 11.9. The van der Waals surface area contributed by atoms with Crippen molar-refractivity contribution in [2.75, 3.05) is 13.1 Å². The molecule has 3 unspecified atom stereocenters. The molecule has 5 heteroatoms. The average Bonchev–Trinajstić information content (AvgIpc) is 3.05. The Kier molecular flexibility index (Phi) is 3.17. The van der Waals surface area contributed by atoms with Crippen LogP contribution >= 0.6 is 0 Å². The van der Waals surface area contributed by atoms with E-state index in [2.05, 4.69) is 0 Å². The molecule has 1 amide bonds. The molecule has 20 heavy (non-hydrogen) atoms. The van der Waals surface area contributed by atoms with Crippen LogP contribution in [0.15, 0.2) is 12.3 Å².